The van der Waals surface area contributed by atoms with E-state index in [-0.39, 0.29) is 24.0 Å². The van der Waals surface area contributed by atoms with Gasteiger partial charge >= 0.3 is 6.03 Å². The third kappa shape index (κ3) is 4.96. The molecule has 7 heteroatoms. The fourth-order valence-electron chi connectivity index (χ4n) is 4.20. The highest BCUT2D eigenvalue weighted by Gasteiger charge is 2.34. The lowest BCUT2D eigenvalue weighted by atomic mass is 9.97. The predicted octanol–water partition coefficient (Wildman–Crippen LogP) is 4.38. The molecule has 2 aromatic rings. The lowest BCUT2D eigenvalue weighted by Gasteiger charge is -2.39. The summed E-state index contributed by atoms with van der Waals surface area (Å²) in [6, 6.07) is 13.3. The van der Waals surface area contributed by atoms with Crippen LogP contribution < -0.4 is 15.0 Å². The number of hydrogen-bond acceptors (Lipinski definition) is 3. The van der Waals surface area contributed by atoms with Gasteiger partial charge in [-0.3, -0.25) is 9.69 Å². The first-order valence-electron chi connectivity index (χ1n) is 10.8. The highest BCUT2D eigenvalue weighted by atomic mass is 35.5. The van der Waals surface area contributed by atoms with Gasteiger partial charge in [0.25, 0.3) is 0 Å². The number of carbonyl (C=O) groups is 2. The van der Waals surface area contributed by atoms with E-state index >= 15 is 0 Å². The number of halogens is 1. The summed E-state index contributed by atoms with van der Waals surface area (Å²) in [6.07, 6.45) is 1.51. The molecular formula is C24H28ClN3O3. The van der Waals surface area contributed by atoms with Gasteiger partial charge in [-0.15, -0.1) is 0 Å². The number of ether oxygens (including phenoxy) is 1. The number of benzene rings is 2. The topological polar surface area (TPSA) is 61.9 Å². The molecule has 2 aliphatic heterocycles. The van der Waals surface area contributed by atoms with E-state index in [4.69, 9.17) is 16.3 Å². The highest BCUT2D eigenvalue weighted by molar-refractivity contribution is 6.30. The summed E-state index contributed by atoms with van der Waals surface area (Å²) in [4.78, 5) is 29.8. The molecule has 4 rings (SSSR count). The maximum absolute atomic E-state index is 13.4. The molecule has 2 aliphatic rings. The Morgan fingerprint density at radius 1 is 1.16 bits per heavy atom. The monoisotopic (exact) mass is 441 g/mol. The average molecular weight is 442 g/mol. The standard InChI is InChI=1S/C24H28ClN3O3/c1-16-5-10-22-21(12-16)28(14-17(2)31-22)24(30)27-11-3-4-19(15-27)23(29)26-13-18-6-8-20(25)9-7-18/h5-10,12,17,19H,3-4,11,13-15H2,1-2H3,(H,26,29)/t17-,19-/m0/s1. The molecule has 6 nitrogen and oxygen atoms in total. The van der Waals surface area contributed by atoms with E-state index in [9.17, 15) is 9.59 Å². The van der Waals surface area contributed by atoms with Crippen LogP contribution in [0.3, 0.4) is 0 Å². The summed E-state index contributed by atoms with van der Waals surface area (Å²) >= 11 is 5.92. The van der Waals surface area contributed by atoms with Gasteiger partial charge in [0.15, 0.2) is 0 Å². The van der Waals surface area contributed by atoms with Crippen LogP contribution in [0, 0.1) is 12.8 Å². The molecule has 0 saturated carbocycles. The van der Waals surface area contributed by atoms with Crippen molar-refractivity contribution in [3.05, 3.63) is 58.6 Å². The van der Waals surface area contributed by atoms with Crippen LogP contribution in [0.15, 0.2) is 42.5 Å². The first-order chi connectivity index (χ1) is 14.9. The van der Waals surface area contributed by atoms with Crippen molar-refractivity contribution in [2.24, 2.45) is 5.92 Å². The average Bonchev–Trinajstić information content (AvgIpc) is 2.78. The van der Waals surface area contributed by atoms with Crippen LogP contribution in [-0.2, 0) is 11.3 Å². The fraction of sp³-hybridized carbons (Fsp3) is 0.417. The van der Waals surface area contributed by atoms with Crippen molar-refractivity contribution in [2.45, 2.75) is 39.3 Å². The number of rotatable bonds is 3. The fourth-order valence-corrected chi connectivity index (χ4v) is 4.33. The number of nitrogens with zero attached hydrogens (tertiary/aromatic N) is 2. The number of amides is 3. The minimum Gasteiger partial charge on any atom is -0.487 e. The molecule has 0 bridgehead atoms. The largest absolute Gasteiger partial charge is 0.487 e. The van der Waals surface area contributed by atoms with Crippen molar-refractivity contribution < 1.29 is 14.3 Å². The summed E-state index contributed by atoms with van der Waals surface area (Å²) in [6.45, 7) is 6.01. The van der Waals surface area contributed by atoms with E-state index in [1.807, 2.05) is 56.3 Å². The van der Waals surface area contributed by atoms with Crippen LogP contribution in [0.25, 0.3) is 0 Å². The number of likely N-dealkylation sites (tertiary alicyclic amines) is 1. The Hall–Kier alpha value is -2.73. The van der Waals surface area contributed by atoms with Gasteiger partial charge in [0.1, 0.15) is 11.9 Å². The van der Waals surface area contributed by atoms with Crippen LogP contribution in [-0.4, -0.2) is 42.6 Å². The summed E-state index contributed by atoms with van der Waals surface area (Å²) < 4.78 is 5.91. The van der Waals surface area contributed by atoms with Gasteiger partial charge in [0, 0.05) is 24.7 Å². The van der Waals surface area contributed by atoms with E-state index in [0.29, 0.717) is 31.2 Å². The minimum atomic E-state index is -0.208. The van der Waals surface area contributed by atoms with Crippen molar-refractivity contribution in [3.8, 4) is 5.75 Å². The van der Waals surface area contributed by atoms with E-state index < -0.39 is 0 Å². The van der Waals surface area contributed by atoms with Gasteiger partial charge in [-0.2, -0.15) is 0 Å². The van der Waals surface area contributed by atoms with Crippen LogP contribution in [0.2, 0.25) is 5.02 Å². The highest BCUT2D eigenvalue weighted by Crippen LogP contribution is 2.35. The smallest absolute Gasteiger partial charge is 0.324 e. The number of nitrogens with one attached hydrogen (secondary N) is 1. The van der Waals surface area contributed by atoms with Crippen LogP contribution >= 0.6 is 11.6 Å². The summed E-state index contributed by atoms with van der Waals surface area (Å²) in [5.41, 5.74) is 2.88. The molecule has 0 radical (unpaired) electrons. The maximum Gasteiger partial charge on any atom is 0.324 e. The summed E-state index contributed by atoms with van der Waals surface area (Å²) in [5.74, 6) is 0.506. The molecule has 0 spiro atoms. The zero-order chi connectivity index (χ0) is 22.0. The number of aryl methyl sites for hydroxylation is 1. The Kier molecular flexibility index (Phi) is 6.37. The number of fused-ring (bicyclic) bond motifs is 1. The Balaban J connectivity index is 1.41. The Morgan fingerprint density at radius 3 is 2.71 bits per heavy atom. The molecule has 2 heterocycles. The number of piperidine rings is 1. The number of hydrogen-bond donors (Lipinski definition) is 1. The lowest BCUT2D eigenvalue weighted by molar-refractivity contribution is -0.126. The van der Waals surface area contributed by atoms with Gasteiger partial charge in [0.2, 0.25) is 5.91 Å². The lowest BCUT2D eigenvalue weighted by Crippen LogP contribution is -2.53. The van der Waals surface area contributed by atoms with Crippen molar-refractivity contribution >= 4 is 29.2 Å². The van der Waals surface area contributed by atoms with Crippen LogP contribution in [0.4, 0.5) is 10.5 Å². The summed E-state index contributed by atoms with van der Waals surface area (Å²) in [7, 11) is 0. The molecule has 31 heavy (non-hydrogen) atoms. The molecule has 2 atom stereocenters. The Bertz CT molecular complexity index is 963. The molecule has 0 unspecified atom stereocenters. The first-order valence-corrected chi connectivity index (χ1v) is 11.1. The Labute approximate surface area is 188 Å². The third-order valence-electron chi connectivity index (χ3n) is 5.85. The quantitative estimate of drug-likeness (QED) is 0.768. The van der Waals surface area contributed by atoms with Crippen molar-refractivity contribution in [1.29, 1.82) is 0 Å². The molecule has 1 N–H and O–H groups in total. The predicted molar refractivity (Wildman–Crippen MR) is 122 cm³/mol. The second kappa shape index (κ2) is 9.18. The minimum absolute atomic E-state index is 0.0148. The van der Waals surface area contributed by atoms with Crippen molar-refractivity contribution in [2.75, 3.05) is 24.5 Å². The van der Waals surface area contributed by atoms with E-state index in [0.717, 1.165) is 35.4 Å². The molecule has 1 fully saturated rings. The molecule has 0 aliphatic carbocycles. The van der Waals surface area contributed by atoms with Crippen molar-refractivity contribution in [3.63, 3.8) is 0 Å². The summed E-state index contributed by atoms with van der Waals surface area (Å²) in [5, 5.41) is 3.68. The van der Waals surface area contributed by atoms with Crippen molar-refractivity contribution in [1.82, 2.24) is 10.2 Å². The molecule has 0 aromatic heterocycles. The van der Waals surface area contributed by atoms with E-state index in [2.05, 4.69) is 5.32 Å². The van der Waals surface area contributed by atoms with Gasteiger partial charge < -0.3 is 15.0 Å². The molecule has 3 amide bonds. The molecular weight excluding hydrogens is 414 g/mol. The maximum atomic E-state index is 13.4. The second-order valence-corrected chi connectivity index (χ2v) is 8.86. The third-order valence-corrected chi connectivity index (χ3v) is 6.10. The number of urea groups is 1. The molecule has 164 valence electrons. The normalized spacial score (nSPS) is 20.6. The van der Waals surface area contributed by atoms with E-state index in [1.54, 1.807) is 9.80 Å². The number of anilines is 1. The Morgan fingerprint density at radius 2 is 1.94 bits per heavy atom. The zero-order valence-corrected chi connectivity index (χ0v) is 18.7. The van der Waals surface area contributed by atoms with Gasteiger partial charge in [-0.1, -0.05) is 29.8 Å². The number of carbonyl (C=O) groups excluding carboxylic acids is 2. The van der Waals surface area contributed by atoms with Gasteiger partial charge in [-0.05, 0) is 62.1 Å². The zero-order valence-electron chi connectivity index (χ0n) is 17.9. The molecule has 1 saturated heterocycles. The molecule has 2 aromatic carbocycles. The van der Waals surface area contributed by atoms with Crippen LogP contribution in [0.5, 0.6) is 5.75 Å². The van der Waals surface area contributed by atoms with Gasteiger partial charge in [0.05, 0.1) is 18.2 Å². The van der Waals surface area contributed by atoms with Gasteiger partial charge in [-0.25, -0.2) is 4.79 Å². The van der Waals surface area contributed by atoms with E-state index in [1.165, 1.54) is 0 Å². The van der Waals surface area contributed by atoms with Crippen LogP contribution in [0.1, 0.15) is 30.9 Å². The SMILES string of the molecule is Cc1ccc2c(c1)N(C(=O)N1CCC[C@H](C(=O)NCc3ccc(Cl)cc3)C1)C[C@H](C)O2. The second-order valence-electron chi connectivity index (χ2n) is 8.42. The first kappa shape index (κ1) is 21.5.